The van der Waals surface area contributed by atoms with Crippen molar-refractivity contribution in [3.05, 3.63) is 35.0 Å². The van der Waals surface area contributed by atoms with Gasteiger partial charge in [0.2, 0.25) is 0 Å². The number of hydrogen-bond acceptors (Lipinski definition) is 2. The second-order valence-electron chi connectivity index (χ2n) is 9.54. The fraction of sp³-hybridized carbons (Fsp3) is 0.591. The third kappa shape index (κ3) is 3.41. The van der Waals surface area contributed by atoms with Gasteiger partial charge in [-0.25, -0.2) is 0 Å². The molecule has 0 spiro atoms. The fourth-order valence-electron chi connectivity index (χ4n) is 3.58. The van der Waals surface area contributed by atoms with Gasteiger partial charge in [0.15, 0.2) is 14.1 Å². The molecule has 0 amide bonds. The van der Waals surface area contributed by atoms with Crippen LogP contribution in [0.15, 0.2) is 18.2 Å². The van der Waals surface area contributed by atoms with E-state index in [0.717, 1.165) is 18.4 Å². The molecule has 0 unspecified atom stereocenters. The summed E-state index contributed by atoms with van der Waals surface area (Å²) < 4.78 is 8.69. The van der Waals surface area contributed by atoms with Crippen molar-refractivity contribution in [3.63, 3.8) is 0 Å². The molecule has 4 heteroatoms. The topological polar surface area (TPSA) is 31.2 Å². The normalized spacial score (nSPS) is 18.9. The number of aryl methyl sites for hydroxylation is 2. The van der Waals surface area contributed by atoms with Gasteiger partial charge < -0.3 is 8.99 Å². The second-order valence-corrected chi connectivity index (χ2v) is 14.3. The number of ketones is 1. The van der Waals surface area contributed by atoms with Gasteiger partial charge in [-0.3, -0.25) is 4.79 Å². The molecule has 1 atom stereocenters. The van der Waals surface area contributed by atoms with Crippen molar-refractivity contribution in [3.8, 4) is 0 Å². The van der Waals surface area contributed by atoms with E-state index >= 15 is 0 Å². The Morgan fingerprint density at radius 3 is 2.62 bits per heavy atom. The van der Waals surface area contributed by atoms with Crippen LogP contribution in [-0.2, 0) is 24.5 Å². The first-order valence-corrected chi connectivity index (χ1v) is 12.7. The molecule has 142 valence electrons. The molecular weight excluding hydrogens is 338 g/mol. The van der Waals surface area contributed by atoms with E-state index in [1.54, 1.807) is 0 Å². The number of Topliss-reactive ketones (excluding diaryl/α,β-unsaturated/α-hetero) is 1. The Hall–Kier alpha value is -1.39. The summed E-state index contributed by atoms with van der Waals surface area (Å²) in [5, 5.41) is 1.44. The van der Waals surface area contributed by atoms with Crippen LogP contribution in [0.1, 0.15) is 62.2 Å². The van der Waals surface area contributed by atoms with Crippen molar-refractivity contribution in [2.75, 3.05) is 0 Å². The van der Waals surface area contributed by atoms with Gasteiger partial charge in [-0.05, 0) is 60.7 Å². The smallest absolute Gasteiger partial charge is 0.192 e. The van der Waals surface area contributed by atoms with Gasteiger partial charge in [-0.2, -0.15) is 0 Å². The highest BCUT2D eigenvalue weighted by atomic mass is 28.4. The van der Waals surface area contributed by atoms with Gasteiger partial charge in [0.25, 0.3) is 0 Å². The molecule has 2 aromatic rings. The van der Waals surface area contributed by atoms with Crippen LogP contribution >= 0.6 is 0 Å². The van der Waals surface area contributed by atoms with E-state index in [1.165, 1.54) is 22.2 Å². The van der Waals surface area contributed by atoms with Crippen LogP contribution < -0.4 is 0 Å². The molecule has 0 radical (unpaired) electrons. The summed E-state index contributed by atoms with van der Waals surface area (Å²) >= 11 is 0. The average molecular weight is 372 g/mol. The lowest BCUT2D eigenvalue weighted by atomic mass is 9.98. The third-order valence-corrected chi connectivity index (χ3v) is 11.0. The quantitative estimate of drug-likeness (QED) is 0.500. The number of aromatic nitrogens is 1. The maximum Gasteiger partial charge on any atom is 0.192 e. The summed E-state index contributed by atoms with van der Waals surface area (Å²) in [6.45, 7) is 14.2. The van der Waals surface area contributed by atoms with E-state index in [4.69, 9.17) is 4.43 Å². The summed E-state index contributed by atoms with van der Waals surface area (Å²) in [7, 11) is 0.328. The Morgan fingerprint density at radius 1 is 1.27 bits per heavy atom. The molecule has 3 rings (SSSR count). The number of carbonyl (C=O) groups is 1. The lowest BCUT2D eigenvalue weighted by Gasteiger charge is -2.36. The zero-order valence-electron chi connectivity index (χ0n) is 17.4. The van der Waals surface area contributed by atoms with Crippen molar-refractivity contribution < 1.29 is 9.22 Å². The minimum atomic E-state index is -1.78. The highest BCUT2D eigenvalue weighted by Crippen LogP contribution is 2.38. The number of benzene rings is 1. The van der Waals surface area contributed by atoms with Crippen LogP contribution in [-0.4, -0.2) is 18.7 Å². The van der Waals surface area contributed by atoms with E-state index in [9.17, 15) is 4.79 Å². The van der Waals surface area contributed by atoms with Gasteiger partial charge in [-0.1, -0.05) is 27.7 Å². The summed E-state index contributed by atoms with van der Waals surface area (Å²) in [5.41, 5.74) is 4.58. The van der Waals surface area contributed by atoms with Gasteiger partial charge in [0, 0.05) is 35.6 Å². The SMILES string of the molecule is C[C@@H]1CCc2c(ccc3c2cc(CO[Si](C)(C)C(C)(C)C)n3C)C(=O)C1. The zero-order chi connectivity index (χ0) is 19.3. The van der Waals surface area contributed by atoms with Crippen molar-refractivity contribution in [2.24, 2.45) is 13.0 Å². The zero-order valence-corrected chi connectivity index (χ0v) is 18.4. The molecule has 0 bridgehead atoms. The third-order valence-electron chi connectivity index (χ3n) is 6.55. The Balaban J connectivity index is 1.98. The van der Waals surface area contributed by atoms with Crippen molar-refractivity contribution in [1.82, 2.24) is 4.57 Å². The van der Waals surface area contributed by atoms with Crippen LogP contribution in [0.3, 0.4) is 0 Å². The van der Waals surface area contributed by atoms with Crippen LogP contribution in [0.4, 0.5) is 0 Å². The predicted molar refractivity (Wildman–Crippen MR) is 111 cm³/mol. The molecule has 1 heterocycles. The number of carbonyl (C=O) groups excluding carboxylic acids is 1. The molecule has 1 aromatic carbocycles. The summed E-state index contributed by atoms with van der Waals surface area (Å²) in [5.74, 6) is 0.768. The van der Waals surface area contributed by atoms with E-state index < -0.39 is 8.32 Å². The molecule has 0 saturated heterocycles. The average Bonchev–Trinajstić information content (AvgIpc) is 2.77. The van der Waals surface area contributed by atoms with Gasteiger partial charge in [0.1, 0.15) is 0 Å². The minimum Gasteiger partial charge on any atom is -0.411 e. The maximum atomic E-state index is 12.6. The van der Waals surface area contributed by atoms with Crippen molar-refractivity contribution >= 4 is 25.0 Å². The lowest BCUT2D eigenvalue weighted by molar-refractivity contribution is 0.0967. The number of fused-ring (bicyclic) bond motifs is 3. The van der Waals surface area contributed by atoms with Crippen LogP contribution in [0.2, 0.25) is 18.1 Å². The number of hydrogen-bond donors (Lipinski definition) is 0. The van der Waals surface area contributed by atoms with E-state index in [2.05, 4.69) is 64.5 Å². The molecule has 26 heavy (non-hydrogen) atoms. The molecule has 0 fully saturated rings. The highest BCUT2D eigenvalue weighted by molar-refractivity contribution is 6.74. The first-order chi connectivity index (χ1) is 12.0. The van der Waals surface area contributed by atoms with Crippen LogP contribution in [0.5, 0.6) is 0 Å². The Morgan fingerprint density at radius 2 is 1.96 bits per heavy atom. The predicted octanol–water partition coefficient (Wildman–Crippen LogP) is 5.86. The minimum absolute atomic E-state index is 0.206. The fourth-order valence-corrected chi connectivity index (χ4v) is 4.52. The molecule has 3 nitrogen and oxygen atoms in total. The molecule has 0 N–H and O–H groups in total. The van der Waals surface area contributed by atoms with Crippen molar-refractivity contribution in [2.45, 2.75) is 71.7 Å². The molecule has 1 aliphatic carbocycles. The lowest BCUT2D eigenvalue weighted by Crippen LogP contribution is -2.40. The van der Waals surface area contributed by atoms with Crippen molar-refractivity contribution in [1.29, 1.82) is 0 Å². The van der Waals surface area contributed by atoms with Crippen LogP contribution in [0.25, 0.3) is 10.9 Å². The summed E-state index contributed by atoms with van der Waals surface area (Å²) in [6, 6.07) is 6.40. The summed E-state index contributed by atoms with van der Waals surface area (Å²) in [6.07, 6.45) is 2.75. The van der Waals surface area contributed by atoms with E-state index in [0.29, 0.717) is 24.7 Å². The molecule has 0 saturated carbocycles. The van der Waals surface area contributed by atoms with Gasteiger partial charge >= 0.3 is 0 Å². The molecular formula is C22H33NO2Si. The second kappa shape index (κ2) is 6.65. The largest absolute Gasteiger partial charge is 0.411 e. The number of rotatable bonds is 3. The van der Waals surface area contributed by atoms with E-state index in [1.807, 2.05) is 6.07 Å². The monoisotopic (exact) mass is 371 g/mol. The molecule has 1 aliphatic rings. The first kappa shape index (κ1) is 19.4. The Labute approximate surface area is 158 Å². The van der Waals surface area contributed by atoms with E-state index in [-0.39, 0.29) is 5.04 Å². The standard InChI is InChI=1S/C22H33NO2Si/c1-15-8-9-17-18(21(24)12-15)10-11-20-19(17)13-16(23(20)5)14-25-26(6,7)22(2,3)4/h10-11,13,15H,8-9,12,14H2,1-7H3/t15-/m1/s1. The maximum absolute atomic E-state index is 12.6. The summed E-state index contributed by atoms with van der Waals surface area (Å²) in [4.78, 5) is 12.6. The van der Waals surface area contributed by atoms with Crippen LogP contribution in [0, 0.1) is 5.92 Å². The van der Waals surface area contributed by atoms with Gasteiger partial charge in [-0.15, -0.1) is 0 Å². The highest BCUT2D eigenvalue weighted by Gasteiger charge is 2.37. The Bertz CT molecular complexity index is 842. The first-order valence-electron chi connectivity index (χ1n) is 9.78. The number of nitrogens with zero attached hydrogens (tertiary/aromatic N) is 1. The van der Waals surface area contributed by atoms with Gasteiger partial charge in [0.05, 0.1) is 6.61 Å². The Kier molecular flexibility index (Phi) is 4.95. The molecule has 1 aromatic heterocycles. The molecule has 0 aliphatic heterocycles.